The zero-order chi connectivity index (χ0) is 20.0. The molecule has 2 aromatic rings. The third kappa shape index (κ3) is 5.02. The molecule has 0 saturated carbocycles. The smallest absolute Gasteiger partial charge is 0.200 e. The number of unbranched alkanes of at least 4 members (excludes halogenated alkanes) is 3. The van der Waals surface area contributed by atoms with Crippen LogP contribution in [-0.2, 0) is 6.42 Å². The van der Waals surface area contributed by atoms with E-state index >= 15 is 0 Å². The standard InChI is InChI=1S/C21H19F5O/c1-2-3-4-5-6-13-7-9-14(10-8-13)11-12-15(27)16-17(22)19(24)21(26)20(25)18(16)23/h7-12H,2-6H2,1H3. The molecule has 0 heterocycles. The highest BCUT2D eigenvalue weighted by molar-refractivity contribution is 6.07. The minimum atomic E-state index is -2.29. The van der Waals surface area contributed by atoms with Crippen LogP contribution in [0.4, 0.5) is 22.0 Å². The van der Waals surface area contributed by atoms with E-state index < -0.39 is 40.4 Å². The average molecular weight is 382 g/mol. The SMILES string of the molecule is CCCCCCc1ccc(C=CC(=O)c2c(F)c(F)c(F)c(F)c2F)cc1. The third-order valence-electron chi connectivity index (χ3n) is 4.18. The molecule has 144 valence electrons. The molecule has 0 amide bonds. The largest absolute Gasteiger partial charge is 0.289 e. The van der Waals surface area contributed by atoms with E-state index in [1.165, 1.54) is 12.5 Å². The number of allylic oxidation sites excluding steroid dienone is 1. The van der Waals surface area contributed by atoms with Gasteiger partial charge in [0.15, 0.2) is 29.1 Å². The van der Waals surface area contributed by atoms with Crippen LogP contribution in [0.1, 0.15) is 54.1 Å². The third-order valence-corrected chi connectivity index (χ3v) is 4.18. The van der Waals surface area contributed by atoms with Gasteiger partial charge in [-0.25, -0.2) is 22.0 Å². The second-order valence-electron chi connectivity index (χ2n) is 6.19. The van der Waals surface area contributed by atoms with E-state index in [9.17, 15) is 26.7 Å². The van der Waals surface area contributed by atoms with Gasteiger partial charge >= 0.3 is 0 Å². The number of hydrogen-bond donors (Lipinski definition) is 0. The van der Waals surface area contributed by atoms with Gasteiger partial charge in [-0.3, -0.25) is 4.79 Å². The lowest BCUT2D eigenvalue weighted by atomic mass is 10.0. The maximum Gasteiger partial charge on any atom is 0.200 e. The van der Waals surface area contributed by atoms with Gasteiger partial charge in [-0.2, -0.15) is 0 Å². The summed E-state index contributed by atoms with van der Waals surface area (Å²) in [6.07, 6.45) is 7.53. The Hall–Kier alpha value is -2.50. The van der Waals surface area contributed by atoms with Crippen molar-refractivity contribution in [2.24, 2.45) is 0 Å². The summed E-state index contributed by atoms with van der Waals surface area (Å²) in [5, 5.41) is 0. The molecule has 0 bridgehead atoms. The number of rotatable bonds is 8. The summed E-state index contributed by atoms with van der Waals surface area (Å²) in [6.45, 7) is 2.13. The number of halogens is 5. The fraction of sp³-hybridized carbons (Fsp3) is 0.286. The predicted molar refractivity (Wildman–Crippen MR) is 93.9 cm³/mol. The van der Waals surface area contributed by atoms with Gasteiger partial charge in [-0.15, -0.1) is 0 Å². The van der Waals surface area contributed by atoms with E-state index in [0.29, 0.717) is 5.56 Å². The Kier molecular flexibility index (Phi) is 7.28. The van der Waals surface area contributed by atoms with Gasteiger partial charge in [0.25, 0.3) is 0 Å². The molecule has 0 aliphatic heterocycles. The van der Waals surface area contributed by atoms with Crippen molar-refractivity contribution in [3.63, 3.8) is 0 Å². The maximum absolute atomic E-state index is 13.6. The Balaban J connectivity index is 2.11. The van der Waals surface area contributed by atoms with Crippen LogP contribution in [0.3, 0.4) is 0 Å². The van der Waals surface area contributed by atoms with Gasteiger partial charge < -0.3 is 0 Å². The Labute approximate surface area is 154 Å². The van der Waals surface area contributed by atoms with Crippen LogP contribution < -0.4 is 0 Å². The zero-order valence-electron chi connectivity index (χ0n) is 14.8. The van der Waals surface area contributed by atoms with Crippen molar-refractivity contribution < 1.29 is 26.7 Å². The Morgan fingerprint density at radius 1 is 0.815 bits per heavy atom. The molecular weight excluding hydrogens is 363 g/mol. The molecule has 27 heavy (non-hydrogen) atoms. The molecule has 0 saturated heterocycles. The van der Waals surface area contributed by atoms with Crippen LogP contribution >= 0.6 is 0 Å². The van der Waals surface area contributed by atoms with Gasteiger partial charge in [0.05, 0.1) is 5.56 Å². The fourth-order valence-electron chi connectivity index (χ4n) is 2.63. The first-order chi connectivity index (χ1) is 12.9. The summed E-state index contributed by atoms with van der Waals surface area (Å²) >= 11 is 0. The summed E-state index contributed by atoms with van der Waals surface area (Å²) in [4.78, 5) is 11.9. The van der Waals surface area contributed by atoms with Crippen LogP contribution in [-0.4, -0.2) is 5.78 Å². The molecule has 0 spiro atoms. The molecule has 2 aromatic carbocycles. The molecule has 0 aliphatic rings. The van der Waals surface area contributed by atoms with Crippen molar-refractivity contribution in [2.75, 3.05) is 0 Å². The normalized spacial score (nSPS) is 11.3. The van der Waals surface area contributed by atoms with Gasteiger partial charge in [-0.1, -0.05) is 56.5 Å². The quantitative estimate of drug-likeness (QED) is 0.129. The number of aryl methyl sites for hydroxylation is 1. The molecule has 0 radical (unpaired) electrons. The van der Waals surface area contributed by atoms with Crippen LogP contribution in [0.5, 0.6) is 0 Å². The average Bonchev–Trinajstić information content (AvgIpc) is 2.67. The van der Waals surface area contributed by atoms with Crippen molar-refractivity contribution in [2.45, 2.75) is 39.0 Å². The van der Waals surface area contributed by atoms with Crippen molar-refractivity contribution >= 4 is 11.9 Å². The highest BCUT2D eigenvalue weighted by Crippen LogP contribution is 2.24. The second-order valence-corrected chi connectivity index (χ2v) is 6.19. The van der Waals surface area contributed by atoms with E-state index in [0.717, 1.165) is 37.3 Å². The Morgan fingerprint density at radius 3 is 1.93 bits per heavy atom. The molecular formula is C21H19F5O. The molecule has 2 rings (SSSR count). The summed E-state index contributed by atoms with van der Waals surface area (Å²) in [6, 6.07) is 7.18. The molecule has 0 unspecified atom stereocenters. The van der Waals surface area contributed by atoms with Crippen LogP contribution in [0.15, 0.2) is 30.3 Å². The lowest BCUT2D eigenvalue weighted by Gasteiger charge is -2.05. The van der Waals surface area contributed by atoms with Crippen molar-refractivity contribution in [3.05, 3.63) is 76.1 Å². The first kappa shape index (κ1) is 20.8. The monoisotopic (exact) mass is 382 g/mol. The minimum absolute atomic E-state index is 0.574. The van der Waals surface area contributed by atoms with E-state index in [1.807, 2.05) is 12.1 Å². The number of ketones is 1. The van der Waals surface area contributed by atoms with E-state index in [1.54, 1.807) is 12.1 Å². The second kappa shape index (κ2) is 9.44. The van der Waals surface area contributed by atoms with Crippen molar-refractivity contribution in [3.8, 4) is 0 Å². The van der Waals surface area contributed by atoms with Crippen molar-refractivity contribution in [1.29, 1.82) is 0 Å². The molecule has 0 aliphatic carbocycles. The van der Waals surface area contributed by atoms with Crippen LogP contribution in [0.25, 0.3) is 6.08 Å². The van der Waals surface area contributed by atoms with Crippen LogP contribution in [0.2, 0.25) is 0 Å². The highest BCUT2D eigenvalue weighted by atomic mass is 19.2. The molecule has 6 heteroatoms. The van der Waals surface area contributed by atoms with Crippen LogP contribution in [0, 0.1) is 29.1 Å². The summed E-state index contributed by atoms with van der Waals surface area (Å²) < 4.78 is 66.6. The number of carbonyl (C=O) groups excluding carboxylic acids is 1. The van der Waals surface area contributed by atoms with Gasteiger partial charge in [0.2, 0.25) is 5.82 Å². The highest BCUT2D eigenvalue weighted by Gasteiger charge is 2.28. The molecule has 0 fully saturated rings. The molecule has 1 nitrogen and oxygen atoms in total. The molecule has 0 N–H and O–H groups in total. The maximum atomic E-state index is 13.6. The lowest BCUT2D eigenvalue weighted by Crippen LogP contribution is -2.11. The summed E-state index contributed by atoms with van der Waals surface area (Å²) in [5.74, 6) is -12.1. The first-order valence-electron chi connectivity index (χ1n) is 8.69. The summed E-state index contributed by atoms with van der Waals surface area (Å²) in [5.41, 5.74) is 0.231. The number of carbonyl (C=O) groups is 1. The zero-order valence-corrected chi connectivity index (χ0v) is 14.8. The van der Waals surface area contributed by atoms with E-state index in [-0.39, 0.29) is 0 Å². The number of hydrogen-bond acceptors (Lipinski definition) is 1. The van der Waals surface area contributed by atoms with E-state index in [2.05, 4.69) is 6.92 Å². The van der Waals surface area contributed by atoms with Gasteiger partial charge in [-0.05, 0) is 30.0 Å². The van der Waals surface area contributed by atoms with Gasteiger partial charge in [0, 0.05) is 0 Å². The minimum Gasteiger partial charge on any atom is -0.289 e. The topological polar surface area (TPSA) is 17.1 Å². The molecule has 0 atom stereocenters. The first-order valence-corrected chi connectivity index (χ1v) is 8.69. The fourth-order valence-corrected chi connectivity index (χ4v) is 2.63. The Bertz CT molecular complexity index is 812. The van der Waals surface area contributed by atoms with Gasteiger partial charge in [0.1, 0.15) is 0 Å². The van der Waals surface area contributed by atoms with E-state index in [4.69, 9.17) is 0 Å². The van der Waals surface area contributed by atoms with Crippen molar-refractivity contribution in [1.82, 2.24) is 0 Å². The number of benzene rings is 2. The predicted octanol–water partition coefficient (Wildman–Crippen LogP) is 6.40. The summed E-state index contributed by atoms with van der Waals surface area (Å²) in [7, 11) is 0. The molecule has 0 aromatic heterocycles. The lowest BCUT2D eigenvalue weighted by molar-refractivity contribution is 0.103. The Morgan fingerprint density at radius 2 is 1.37 bits per heavy atom.